The molecule has 0 aromatic carbocycles. The van der Waals surface area contributed by atoms with Gasteiger partial charge in [-0.3, -0.25) is 9.59 Å². The molecule has 2 amide bonds. The van der Waals surface area contributed by atoms with E-state index in [1.165, 1.54) is 0 Å². The summed E-state index contributed by atoms with van der Waals surface area (Å²) in [6, 6.07) is 2.26. The zero-order valence-electron chi connectivity index (χ0n) is 19.1. The molecule has 2 heterocycles. The summed E-state index contributed by atoms with van der Waals surface area (Å²) in [5, 5.41) is 16.0. The summed E-state index contributed by atoms with van der Waals surface area (Å²) in [4.78, 5) is 32.4. The van der Waals surface area contributed by atoms with Gasteiger partial charge in [0.25, 0.3) is 5.91 Å². The minimum atomic E-state index is -1.08. The molecule has 7 heteroatoms. The summed E-state index contributed by atoms with van der Waals surface area (Å²) in [6.45, 7) is 17.5. The Morgan fingerprint density at radius 1 is 1.39 bits per heavy atom. The Morgan fingerprint density at radius 3 is 2.52 bits per heavy atom. The van der Waals surface area contributed by atoms with Crippen molar-refractivity contribution >= 4 is 18.5 Å². The number of hydrogen-bond donors (Lipinski definition) is 2. The van der Waals surface area contributed by atoms with Crippen molar-refractivity contribution in [3.05, 3.63) is 46.5 Å². The van der Waals surface area contributed by atoms with Gasteiger partial charge in [-0.15, -0.1) is 0 Å². The fraction of sp³-hybridized carbons (Fsp3) is 0.500. The molecule has 2 saturated heterocycles. The Labute approximate surface area is 184 Å². The van der Waals surface area contributed by atoms with Crippen LogP contribution in [0.3, 0.4) is 0 Å². The molecule has 31 heavy (non-hydrogen) atoms. The van der Waals surface area contributed by atoms with Crippen molar-refractivity contribution in [2.45, 2.75) is 53.0 Å². The van der Waals surface area contributed by atoms with Crippen LogP contribution in [0, 0.1) is 22.7 Å². The molecule has 7 nitrogen and oxygen atoms in total. The Kier molecular flexibility index (Phi) is 5.70. The van der Waals surface area contributed by atoms with Gasteiger partial charge in [-0.1, -0.05) is 18.2 Å². The maximum atomic E-state index is 13.7. The van der Waals surface area contributed by atoms with Gasteiger partial charge in [-0.2, -0.15) is 5.26 Å². The van der Waals surface area contributed by atoms with Gasteiger partial charge in [0.15, 0.2) is 0 Å². The number of carbonyl (C=O) groups excluding carboxylic acids is 2. The Bertz CT molecular complexity index is 1000. The van der Waals surface area contributed by atoms with E-state index in [4.69, 9.17) is 0 Å². The molecule has 3 aliphatic rings. The molecule has 0 aromatic rings. The smallest absolute Gasteiger partial charge is 0.254 e. The molecule has 164 valence electrons. The van der Waals surface area contributed by atoms with Crippen LogP contribution in [0.4, 0.5) is 0 Å². The van der Waals surface area contributed by atoms with Gasteiger partial charge in [-0.25, -0.2) is 4.99 Å². The maximum absolute atomic E-state index is 13.7. The second-order valence-corrected chi connectivity index (χ2v) is 9.17. The van der Waals surface area contributed by atoms with E-state index in [0.29, 0.717) is 28.2 Å². The molecule has 3 fully saturated rings. The van der Waals surface area contributed by atoms with Crippen LogP contribution in [0.5, 0.6) is 0 Å². The topological polar surface area (TPSA) is 97.6 Å². The minimum absolute atomic E-state index is 0.0136. The quantitative estimate of drug-likeness (QED) is 0.405. The van der Waals surface area contributed by atoms with Crippen LogP contribution >= 0.6 is 0 Å². The molecule has 0 radical (unpaired) electrons. The van der Waals surface area contributed by atoms with Crippen LogP contribution in [0.15, 0.2) is 51.5 Å². The molecular weight excluding hydrogens is 390 g/mol. The van der Waals surface area contributed by atoms with Gasteiger partial charge >= 0.3 is 0 Å². The summed E-state index contributed by atoms with van der Waals surface area (Å²) < 4.78 is 0. The number of amides is 2. The zero-order chi connectivity index (χ0) is 23.1. The number of nitrogens with one attached hydrogen (secondary N) is 2. The van der Waals surface area contributed by atoms with E-state index in [1.807, 2.05) is 33.8 Å². The number of nitrogens with zero attached hydrogens (tertiary/aromatic N) is 3. The van der Waals surface area contributed by atoms with Crippen molar-refractivity contribution in [2.24, 2.45) is 16.3 Å². The highest BCUT2D eigenvalue weighted by atomic mass is 16.2. The van der Waals surface area contributed by atoms with E-state index in [0.717, 1.165) is 18.4 Å². The second-order valence-electron chi connectivity index (χ2n) is 9.17. The fourth-order valence-corrected chi connectivity index (χ4v) is 4.68. The highest BCUT2D eigenvalue weighted by Gasteiger charge is 2.59. The summed E-state index contributed by atoms with van der Waals surface area (Å²) in [7, 11) is 0. The first-order chi connectivity index (χ1) is 14.5. The van der Waals surface area contributed by atoms with Gasteiger partial charge in [0.05, 0.1) is 12.0 Å². The molecule has 2 unspecified atom stereocenters. The average Bonchev–Trinajstić information content (AvgIpc) is 3.22. The molecule has 2 atom stereocenters. The third-order valence-electron chi connectivity index (χ3n) is 6.67. The van der Waals surface area contributed by atoms with Crippen LogP contribution in [0.1, 0.15) is 47.5 Å². The van der Waals surface area contributed by atoms with E-state index >= 15 is 0 Å². The minimum Gasteiger partial charge on any atom is -0.365 e. The standard InChI is InChI=1S/C24H31N5O2/c1-8-18-16(5)27-22(31)24(18)13-29(12-17(24)11-25)21(30)19(14(2)3)15(4)20(26-7)28-23(6)9-10-23/h8,17,28H,5,7,9-10,12-13H2,1-4,6H3,(H,27,31)/b18-8+,20-15-. The van der Waals surface area contributed by atoms with Crippen LogP contribution < -0.4 is 10.6 Å². The van der Waals surface area contributed by atoms with Crippen LogP contribution in [0.2, 0.25) is 0 Å². The lowest BCUT2D eigenvalue weighted by Crippen LogP contribution is -2.40. The second kappa shape index (κ2) is 7.84. The van der Waals surface area contributed by atoms with E-state index in [2.05, 4.69) is 41.9 Å². The van der Waals surface area contributed by atoms with Gasteiger partial charge in [0, 0.05) is 35.5 Å². The highest BCUT2D eigenvalue weighted by Crippen LogP contribution is 2.48. The van der Waals surface area contributed by atoms with Crippen molar-refractivity contribution in [1.29, 1.82) is 5.26 Å². The third-order valence-corrected chi connectivity index (χ3v) is 6.67. The van der Waals surface area contributed by atoms with E-state index < -0.39 is 11.3 Å². The van der Waals surface area contributed by atoms with Gasteiger partial charge in [-0.05, 0) is 59.8 Å². The average molecular weight is 422 g/mol. The normalized spacial score (nSPS) is 28.2. The number of aliphatic imine (C=N–C) groups is 1. The van der Waals surface area contributed by atoms with Crippen molar-refractivity contribution in [2.75, 3.05) is 13.1 Å². The number of nitriles is 1. The van der Waals surface area contributed by atoms with Gasteiger partial charge < -0.3 is 15.5 Å². The van der Waals surface area contributed by atoms with E-state index in [-0.39, 0.29) is 30.4 Å². The molecule has 2 N–H and O–H groups in total. The largest absolute Gasteiger partial charge is 0.365 e. The van der Waals surface area contributed by atoms with Crippen molar-refractivity contribution < 1.29 is 9.59 Å². The number of likely N-dealkylation sites (tertiary alicyclic amines) is 1. The molecule has 0 aromatic heterocycles. The van der Waals surface area contributed by atoms with Crippen molar-refractivity contribution in [3.63, 3.8) is 0 Å². The summed E-state index contributed by atoms with van der Waals surface area (Å²) in [5.74, 6) is -0.531. The summed E-state index contributed by atoms with van der Waals surface area (Å²) in [6.07, 6.45) is 3.90. The van der Waals surface area contributed by atoms with Crippen molar-refractivity contribution in [3.8, 4) is 6.07 Å². The lowest BCUT2D eigenvalue weighted by atomic mass is 9.73. The molecule has 1 saturated carbocycles. The Hall–Kier alpha value is -3.14. The monoisotopic (exact) mass is 421 g/mol. The number of allylic oxidation sites excluding steroid dienone is 3. The Morgan fingerprint density at radius 2 is 2.03 bits per heavy atom. The molecule has 3 rings (SSSR count). The summed E-state index contributed by atoms with van der Waals surface area (Å²) >= 11 is 0. The van der Waals surface area contributed by atoms with Crippen LogP contribution in [-0.4, -0.2) is 42.1 Å². The first kappa shape index (κ1) is 22.5. The molecule has 1 aliphatic carbocycles. The Balaban J connectivity index is 1.99. The van der Waals surface area contributed by atoms with E-state index in [1.54, 1.807) is 4.90 Å². The number of carbonyl (C=O) groups is 2. The van der Waals surface area contributed by atoms with Gasteiger partial charge in [0.2, 0.25) is 5.91 Å². The SMILES string of the molecule is C=N/C(NC1(C)CC1)=C(\C)C(C(=O)N1CC(C#N)C2(C1)C(=O)NC(=C)/C2=C\C)=C(C)C. The molecule has 1 spiro atoms. The zero-order valence-corrected chi connectivity index (χ0v) is 19.1. The number of hydrogen-bond acceptors (Lipinski definition) is 5. The van der Waals surface area contributed by atoms with Gasteiger partial charge in [0.1, 0.15) is 11.2 Å². The summed E-state index contributed by atoms with van der Waals surface area (Å²) in [5.41, 5.74) is 2.19. The lowest BCUT2D eigenvalue weighted by molar-refractivity contribution is -0.128. The predicted molar refractivity (Wildman–Crippen MR) is 121 cm³/mol. The molecule has 2 aliphatic heterocycles. The van der Waals surface area contributed by atoms with Crippen LogP contribution in [0.25, 0.3) is 0 Å². The highest BCUT2D eigenvalue weighted by molar-refractivity contribution is 6.01. The van der Waals surface area contributed by atoms with Crippen LogP contribution in [-0.2, 0) is 9.59 Å². The molecule has 0 bridgehead atoms. The molecular formula is C24H31N5O2. The first-order valence-corrected chi connectivity index (χ1v) is 10.5. The van der Waals surface area contributed by atoms with Crippen molar-refractivity contribution in [1.82, 2.24) is 15.5 Å². The van der Waals surface area contributed by atoms with E-state index in [9.17, 15) is 14.9 Å². The third kappa shape index (κ3) is 3.60. The lowest BCUT2D eigenvalue weighted by Gasteiger charge is -2.26. The maximum Gasteiger partial charge on any atom is 0.254 e. The predicted octanol–water partition coefficient (Wildman–Crippen LogP) is 2.96. The fourth-order valence-electron chi connectivity index (χ4n) is 4.68. The number of rotatable bonds is 5. The first-order valence-electron chi connectivity index (χ1n) is 10.5.